The molecule has 2 fully saturated rings. The predicted octanol–water partition coefficient (Wildman–Crippen LogP) is 4.82. The third-order valence-electron chi connectivity index (χ3n) is 6.36. The second-order valence-corrected chi connectivity index (χ2v) is 14.0. The van der Waals surface area contributed by atoms with Crippen LogP contribution in [0.15, 0.2) is 0 Å². The molecule has 1 aliphatic heterocycles. The van der Waals surface area contributed by atoms with E-state index in [2.05, 4.69) is 53.4 Å². The van der Waals surface area contributed by atoms with Crippen LogP contribution in [0.1, 0.15) is 67.7 Å². The molecule has 4 heteroatoms. The van der Waals surface area contributed by atoms with Gasteiger partial charge in [0.15, 0.2) is 0 Å². The Bertz CT molecular complexity index is 358. The summed E-state index contributed by atoms with van der Waals surface area (Å²) in [7, 11) is -1.77. The van der Waals surface area contributed by atoms with Gasteiger partial charge in [-0.3, -0.25) is 4.90 Å². The van der Waals surface area contributed by atoms with E-state index in [4.69, 9.17) is 9.16 Å². The summed E-state index contributed by atoms with van der Waals surface area (Å²) in [4.78, 5) is 2.69. The lowest BCUT2D eigenvalue weighted by atomic mass is 10.1. The first-order valence-corrected chi connectivity index (χ1v) is 12.0. The number of nitrogens with zero attached hydrogens (tertiary/aromatic N) is 1. The monoisotopic (exact) mass is 341 g/mol. The molecule has 0 amide bonds. The molecule has 0 bridgehead atoms. The molecule has 2 rings (SSSR count). The highest BCUT2D eigenvalue weighted by molar-refractivity contribution is 6.77. The molecule has 0 unspecified atom stereocenters. The molecule has 1 heterocycles. The highest BCUT2D eigenvalue weighted by atomic mass is 28.4. The minimum Gasteiger partial charge on any atom is -0.411 e. The summed E-state index contributed by atoms with van der Waals surface area (Å²) in [6.07, 6.45) is 4.22. The third kappa shape index (κ3) is 3.56. The number of ether oxygens (including phenoxy) is 1. The molecule has 0 aromatic carbocycles. The molecule has 3 nitrogen and oxygen atoms in total. The fraction of sp³-hybridized carbons (Fsp3) is 1.00. The van der Waals surface area contributed by atoms with Crippen molar-refractivity contribution in [1.29, 1.82) is 0 Å². The quantitative estimate of drug-likeness (QED) is 0.591. The van der Waals surface area contributed by atoms with E-state index >= 15 is 0 Å². The van der Waals surface area contributed by atoms with Gasteiger partial charge in [-0.15, -0.1) is 0 Å². The highest BCUT2D eigenvalue weighted by Gasteiger charge is 2.62. The van der Waals surface area contributed by atoms with E-state index < -0.39 is 8.32 Å². The minimum atomic E-state index is -1.77. The molecule has 23 heavy (non-hydrogen) atoms. The van der Waals surface area contributed by atoms with Crippen molar-refractivity contribution < 1.29 is 9.16 Å². The Kier molecular flexibility index (Phi) is 6.37. The van der Waals surface area contributed by atoms with E-state index in [0.717, 1.165) is 26.3 Å². The number of rotatable bonds is 8. The standard InChI is InChI=1S/C19H39NO2Si/c1-8-9-19(20-10-12-21-13-11-20)14-18(19)22-23(15(2)3,16(4)5)17(6)7/h15-18H,8-14H2,1-7H3/t18-,19+/m0/s1. The van der Waals surface area contributed by atoms with Gasteiger partial charge in [0.2, 0.25) is 8.32 Å². The van der Waals surface area contributed by atoms with Gasteiger partial charge in [0.25, 0.3) is 0 Å². The van der Waals surface area contributed by atoms with Gasteiger partial charge in [-0.05, 0) is 29.5 Å². The summed E-state index contributed by atoms with van der Waals surface area (Å²) >= 11 is 0. The number of hydrogen-bond donors (Lipinski definition) is 0. The molecule has 0 N–H and O–H groups in total. The van der Waals surface area contributed by atoms with Gasteiger partial charge in [-0.1, -0.05) is 54.9 Å². The first kappa shape index (κ1) is 19.4. The van der Waals surface area contributed by atoms with Gasteiger partial charge in [-0.25, -0.2) is 0 Å². The van der Waals surface area contributed by atoms with Gasteiger partial charge < -0.3 is 9.16 Å². The molecular weight excluding hydrogens is 302 g/mol. The average Bonchev–Trinajstić information content (AvgIpc) is 3.19. The van der Waals surface area contributed by atoms with Crippen LogP contribution in [-0.4, -0.2) is 51.2 Å². The lowest BCUT2D eigenvalue weighted by molar-refractivity contribution is -0.00435. The zero-order chi connectivity index (χ0) is 17.3. The maximum absolute atomic E-state index is 7.11. The fourth-order valence-electron chi connectivity index (χ4n) is 5.26. The zero-order valence-corrected chi connectivity index (χ0v) is 17.5. The lowest BCUT2D eigenvalue weighted by Gasteiger charge is -2.44. The topological polar surface area (TPSA) is 21.7 Å². The summed E-state index contributed by atoms with van der Waals surface area (Å²) in [5, 5.41) is 0. The summed E-state index contributed by atoms with van der Waals surface area (Å²) in [5.74, 6) is 0. The van der Waals surface area contributed by atoms with Crippen LogP contribution in [0, 0.1) is 0 Å². The molecular formula is C19H39NO2Si. The Morgan fingerprint density at radius 1 is 1.04 bits per heavy atom. The van der Waals surface area contributed by atoms with Crippen molar-refractivity contribution in [2.45, 2.75) is 96.0 Å². The third-order valence-corrected chi connectivity index (χ3v) is 12.5. The smallest absolute Gasteiger partial charge is 0.200 e. The SMILES string of the molecule is CCC[C@@]1(N2CCOCC2)C[C@@H]1O[Si](C(C)C)(C(C)C)C(C)C. The van der Waals surface area contributed by atoms with Gasteiger partial charge in [0, 0.05) is 18.6 Å². The Hall–Kier alpha value is 0.0969. The van der Waals surface area contributed by atoms with Crippen molar-refractivity contribution in [3.63, 3.8) is 0 Å². The second kappa shape index (κ2) is 7.55. The minimum absolute atomic E-state index is 0.315. The Morgan fingerprint density at radius 2 is 1.57 bits per heavy atom. The largest absolute Gasteiger partial charge is 0.411 e. The zero-order valence-electron chi connectivity index (χ0n) is 16.5. The van der Waals surface area contributed by atoms with Gasteiger partial charge in [0.05, 0.1) is 19.3 Å². The van der Waals surface area contributed by atoms with Crippen molar-refractivity contribution in [3.05, 3.63) is 0 Å². The molecule has 0 spiro atoms. The van der Waals surface area contributed by atoms with Crippen LogP contribution in [0.25, 0.3) is 0 Å². The van der Waals surface area contributed by atoms with Crippen LogP contribution < -0.4 is 0 Å². The van der Waals surface area contributed by atoms with E-state index in [0.29, 0.717) is 28.3 Å². The number of hydrogen-bond acceptors (Lipinski definition) is 3. The van der Waals surface area contributed by atoms with Crippen molar-refractivity contribution >= 4 is 8.32 Å². The maximum atomic E-state index is 7.11. The van der Waals surface area contributed by atoms with E-state index in [1.54, 1.807) is 0 Å². The van der Waals surface area contributed by atoms with Gasteiger partial charge >= 0.3 is 0 Å². The van der Waals surface area contributed by atoms with E-state index in [-0.39, 0.29) is 0 Å². The van der Waals surface area contributed by atoms with Crippen molar-refractivity contribution in [2.75, 3.05) is 26.3 Å². The average molecular weight is 342 g/mol. The van der Waals surface area contributed by atoms with Crippen LogP contribution in [0.2, 0.25) is 16.6 Å². The summed E-state index contributed by atoms with van der Waals surface area (Å²) in [6.45, 7) is 20.6. The van der Waals surface area contributed by atoms with E-state index in [9.17, 15) is 0 Å². The molecule has 136 valence electrons. The van der Waals surface area contributed by atoms with Crippen molar-refractivity contribution in [3.8, 4) is 0 Å². The van der Waals surface area contributed by atoms with Crippen molar-refractivity contribution in [1.82, 2.24) is 4.90 Å². The lowest BCUT2D eigenvalue weighted by Crippen LogP contribution is -2.52. The molecule has 1 saturated carbocycles. The van der Waals surface area contributed by atoms with Gasteiger partial charge in [-0.2, -0.15) is 0 Å². The Balaban J connectivity index is 2.17. The van der Waals surface area contributed by atoms with Crippen LogP contribution in [0.4, 0.5) is 0 Å². The molecule has 2 aliphatic rings. The van der Waals surface area contributed by atoms with E-state index in [1.807, 2.05) is 0 Å². The van der Waals surface area contributed by atoms with Crippen LogP contribution >= 0.6 is 0 Å². The van der Waals surface area contributed by atoms with Crippen molar-refractivity contribution in [2.24, 2.45) is 0 Å². The summed E-state index contributed by atoms with van der Waals surface area (Å²) < 4.78 is 12.7. The molecule has 0 aromatic heterocycles. The second-order valence-electron chi connectivity index (χ2n) is 8.58. The maximum Gasteiger partial charge on any atom is 0.200 e. The first-order valence-electron chi connectivity index (χ1n) is 9.81. The fourth-order valence-corrected chi connectivity index (χ4v) is 10.9. The van der Waals surface area contributed by atoms with Crippen LogP contribution in [0.5, 0.6) is 0 Å². The molecule has 1 aliphatic carbocycles. The Labute approximate surface area is 145 Å². The molecule has 1 saturated heterocycles. The van der Waals surface area contributed by atoms with E-state index in [1.165, 1.54) is 19.3 Å². The molecule has 0 radical (unpaired) electrons. The van der Waals surface area contributed by atoms with Crippen LogP contribution in [0.3, 0.4) is 0 Å². The highest BCUT2D eigenvalue weighted by Crippen LogP contribution is 2.54. The predicted molar refractivity (Wildman–Crippen MR) is 101 cm³/mol. The molecule has 2 atom stereocenters. The van der Waals surface area contributed by atoms with Gasteiger partial charge in [0.1, 0.15) is 0 Å². The Morgan fingerprint density at radius 3 is 2.00 bits per heavy atom. The summed E-state index contributed by atoms with van der Waals surface area (Å²) in [6, 6.07) is 0. The summed E-state index contributed by atoms with van der Waals surface area (Å²) in [5.41, 5.74) is 2.33. The first-order chi connectivity index (χ1) is 10.8. The van der Waals surface area contributed by atoms with Crippen LogP contribution in [-0.2, 0) is 9.16 Å². The normalized spacial score (nSPS) is 29.7. The molecule has 0 aromatic rings. The number of morpholine rings is 1.